The fourth-order valence-corrected chi connectivity index (χ4v) is 3.58. The third-order valence-electron chi connectivity index (χ3n) is 5.53. The first kappa shape index (κ1) is 28.1. The average molecular weight is 417 g/mol. The molecule has 0 fully saturated rings. The van der Waals surface area contributed by atoms with Crippen LogP contribution in [-0.2, 0) is 9.53 Å². The Hall–Kier alpha value is -0.930. The Labute approximate surface area is 178 Å². The second-order valence-corrected chi connectivity index (χ2v) is 8.31. The van der Waals surface area contributed by atoms with Crippen LogP contribution in [0.1, 0.15) is 129 Å². The Morgan fingerprint density at radius 2 is 1.17 bits per heavy atom. The lowest BCUT2D eigenvalue weighted by Gasteiger charge is -2.19. The largest absolute Gasteiger partial charge is 0.466 e. The van der Waals surface area contributed by atoms with Crippen molar-refractivity contribution in [3.8, 4) is 0 Å². The molecule has 0 N–H and O–H groups in total. The van der Waals surface area contributed by atoms with E-state index in [0.717, 1.165) is 19.3 Å². The van der Waals surface area contributed by atoms with Crippen LogP contribution in [0.15, 0.2) is 12.2 Å². The van der Waals surface area contributed by atoms with Gasteiger partial charge >= 0.3 is 5.97 Å². The van der Waals surface area contributed by atoms with Crippen molar-refractivity contribution in [2.75, 3.05) is 6.61 Å². The van der Waals surface area contributed by atoms with Crippen molar-refractivity contribution >= 4 is 5.97 Å². The van der Waals surface area contributed by atoms with Crippen molar-refractivity contribution in [3.05, 3.63) is 12.2 Å². The zero-order valence-corrected chi connectivity index (χ0v) is 19.2. The number of ether oxygens (including phenoxy) is 1. The normalized spacial score (nSPS) is 11.6. The Bertz CT molecular complexity index is 408. The molecule has 0 amide bonds. The summed E-state index contributed by atoms with van der Waals surface area (Å²) in [5, 5.41) is 0. The van der Waals surface area contributed by atoms with Gasteiger partial charge in [0.25, 0.3) is 5.92 Å². The van der Waals surface area contributed by atoms with Gasteiger partial charge in [-0.2, -0.15) is 0 Å². The smallest absolute Gasteiger partial charge is 0.305 e. The van der Waals surface area contributed by atoms with Crippen molar-refractivity contribution in [1.29, 1.82) is 0 Å². The molecular weight excluding hydrogens is 370 g/mol. The standard InChI is InChI=1S/C25H46F2O2/c1-4-6-7-8-9-10-11-12-13-14-15-16-17-18-22-25(26,27)23(3)20-19-21-24(28)29-5-2/h3-22H2,1-2H3. The van der Waals surface area contributed by atoms with E-state index in [4.69, 9.17) is 4.74 Å². The first-order valence-electron chi connectivity index (χ1n) is 12.2. The Kier molecular flexibility index (Phi) is 18.4. The molecule has 0 unspecified atom stereocenters. The van der Waals surface area contributed by atoms with E-state index < -0.39 is 5.92 Å². The number of unbranched alkanes of at least 4 members (excludes halogenated alkanes) is 13. The lowest BCUT2D eigenvalue weighted by atomic mass is 9.98. The van der Waals surface area contributed by atoms with Crippen LogP contribution in [0.4, 0.5) is 8.78 Å². The molecule has 4 heteroatoms. The summed E-state index contributed by atoms with van der Waals surface area (Å²) in [4.78, 5) is 11.3. The van der Waals surface area contributed by atoms with E-state index in [-0.39, 0.29) is 30.8 Å². The third kappa shape index (κ3) is 17.6. The summed E-state index contributed by atoms with van der Waals surface area (Å²) in [5.41, 5.74) is -0.0449. The van der Waals surface area contributed by atoms with Crippen LogP contribution < -0.4 is 0 Å². The fraction of sp³-hybridized carbons (Fsp3) is 0.880. The second kappa shape index (κ2) is 19.1. The molecule has 0 saturated carbocycles. The minimum absolute atomic E-state index is 0.0449. The summed E-state index contributed by atoms with van der Waals surface area (Å²) < 4.78 is 33.1. The molecule has 0 rings (SSSR count). The Morgan fingerprint density at radius 1 is 0.724 bits per heavy atom. The molecule has 2 nitrogen and oxygen atoms in total. The first-order chi connectivity index (χ1) is 13.9. The Morgan fingerprint density at radius 3 is 1.62 bits per heavy atom. The summed E-state index contributed by atoms with van der Waals surface area (Å²) in [6, 6.07) is 0. The van der Waals surface area contributed by atoms with Crippen molar-refractivity contribution in [2.45, 2.75) is 135 Å². The third-order valence-corrected chi connectivity index (χ3v) is 5.53. The van der Waals surface area contributed by atoms with E-state index in [0.29, 0.717) is 19.4 Å². The summed E-state index contributed by atoms with van der Waals surface area (Å²) in [7, 11) is 0. The van der Waals surface area contributed by atoms with Gasteiger partial charge in [-0.15, -0.1) is 0 Å². The number of alkyl halides is 2. The van der Waals surface area contributed by atoms with Gasteiger partial charge in [0.2, 0.25) is 0 Å². The topological polar surface area (TPSA) is 26.3 Å². The van der Waals surface area contributed by atoms with Crippen LogP contribution in [0, 0.1) is 0 Å². The van der Waals surface area contributed by atoms with Crippen LogP contribution >= 0.6 is 0 Å². The fourth-order valence-electron chi connectivity index (χ4n) is 3.58. The first-order valence-corrected chi connectivity index (χ1v) is 12.2. The summed E-state index contributed by atoms with van der Waals surface area (Å²) in [6.07, 6.45) is 17.6. The van der Waals surface area contributed by atoms with E-state index in [2.05, 4.69) is 13.5 Å². The number of carbonyl (C=O) groups excluding carboxylic acids is 1. The maximum atomic E-state index is 14.1. The highest BCUT2D eigenvalue weighted by Crippen LogP contribution is 2.32. The predicted octanol–water partition coefficient (Wildman–Crippen LogP) is 8.78. The zero-order valence-electron chi connectivity index (χ0n) is 19.2. The van der Waals surface area contributed by atoms with E-state index in [1.807, 2.05) is 0 Å². The monoisotopic (exact) mass is 416 g/mol. The number of esters is 1. The molecule has 0 spiro atoms. The van der Waals surface area contributed by atoms with Gasteiger partial charge < -0.3 is 4.74 Å². The molecule has 0 saturated heterocycles. The Balaban J connectivity index is 3.51. The molecule has 0 aliphatic rings. The number of hydrogen-bond acceptors (Lipinski definition) is 2. The lowest BCUT2D eigenvalue weighted by molar-refractivity contribution is -0.143. The molecule has 0 bridgehead atoms. The molecule has 0 radical (unpaired) electrons. The highest BCUT2D eigenvalue weighted by atomic mass is 19.3. The molecule has 29 heavy (non-hydrogen) atoms. The van der Waals surface area contributed by atoms with Gasteiger partial charge in [-0.05, 0) is 31.8 Å². The lowest BCUT2D eigenvalue weighted by Crippen LogP contribution is -2.19. The van der Waals surface area contributed by atoms with E-state index in [1.54, 1.807) is 6.92 Å². The minimum atomic E-state index is -2.81. The highest BCUT2D eigenvalue weighted by molar-refractivity contribution is 5.69. The maximum absolute atomic E-state index is 14.1. The van der Waals surface area contributed by atoms with Gasteiger partial charge in [-0.25, -0.2) is 8.78 Å². The van der Waals surface area contributed by atoms with Crippen LogP contribution in [0.25, 0.3) is 0 Å². The molecule has 172 valence electrons. The highest BCUT2D eigenvalue weighted by Gasteiger charge is 2.31. The predicted molar refractivity (Wildman–Crippen MR) is 120 cm³/mol. The summed E-state index contributed by atoms with van der Waals surface area (Å²) in [5.74, 6) is -3.14. The maximum Gasteiger partial charge on any atom is 0.305 e. The van der Waals surface area contributed by atoms with Crippen LogP contribution in [0.5, 0.6) is 0 Å². The van der Waals surface area contributed by atoms with Crippen LogP contribution in [0.3, 0.4) is 0 Å². The number of hydrogen-bond donors (Lipinski definition) is 0. The second-order valence-electron chi connectivity index (χ2n) is 8.31. The molecular formula is C25H46F2O2. The van der Waals surface area contributed by atoms with Crippen molar-refractivity contribution in [3.63, 3.8) is 0 Å². The zero-order chi connectivity index (χ0) is 21.8. The SMILES string of the molecule is C=C(CCCC(=O)OCC)C(F)(F)CCCCCCCCCCCCCCCC. The van der Waals surface area contributed by atoms with Gasteiger partial charge in [0.1, 0.15) is 0 Å². The van der Waals surface area contributed by atoms with Gasteiger partial charge in [-0.3, -0.25) is 4.79 Å². The van der Waals surface area contributed by atoms with E-state index >= 15 is 0 Å². The van der Waals surface area contributed by atoms with Crippen molar-refractivity contribution in [2.24, 2.45) is 0 Å². The van der Waals surface area contributed by atoms with Gasteiger partial charge in [-0.1, -0.05) is 97.0 Å². The number of halogens is 2. The van der Waals surface area contributed by atoms with E-state index in [1.165, 1.54) is 64.2 Å². The van der Waals surface area contributed by atoms with Crippen molar-refractivity contribution in [1.82, 2.24) is 0 Å². The molecule has 0 atom stereocenters. The van der Waals surface area contributed by atoms with Crippen LogP contribution in [-0.4, -0.2) is 18.5 Å². The summed E-state index contributed by atoms with van der Waals surface area (Å²) in [6.45, 7) is 7.87. The van der Waals surface area contributed by atoms with Crippen LogP contribution in [0.2, 0.25) is 0 Å². The minimum Gasteiger partial charge on any atom is -0.466 e. The van der Waals surface area contributed by atoms with Gasteiger partial charge in [0.15, 0.2) is 0 Å². The quantitative estimate of drug-likeness (QED) is 0.106. The number of carbonyl (C=O) groups is 1. The van der Waals surface area contributed by atoms with Gasteiger partial charge in [0, 0.05) is 12.8 Å². The molecule has 0 aliphatic heterocycles. The average Bonchev–Trinajstić information content (AvgIpc) is 2.68. The van der Waals surface area contributed by atoms with E-state index in [9.17, 15) is 13.6 Å². The molecule has 0 heterocycles. The molecule has 0 aromatic heterocycles. The molecule has 0 aromatic rings. The number of rotatable bonds is 21. The summed E-state index contributed by atoms with van der Waals surface area (Å²) >= 11 is 0. The number of allylic oxidation sites excluding steroid dienone is 1. The molecule has 0 aliphatic carbocycles. The molecule has 0 aromatic carbocycles. The van der Waals surface area contributed by atoms with Crippen molar-refractivity contribution < 1.29 is 18.3 Å². The van der Waals surface area contributed by atoms with Gasteiger partial charge in [0.05, 0.1) is 6.61 Å².